The molecule has 0 heterocycles. The van der Waals surface area contributed by atoms with Gasteiger partial charge in [0.1, 0.15) is 0 Å². The van der Waals surface area contributed by atoms with Crippen molar-refractivity contribution in [2.24, 2.45) is 11.7 Å². The first kappa shape index (κ1) is 36.3. The fourth-order valence-corrected chi connectivity index (χ4v) is 0. The second-order valence-electron chi connectivity index (χ2n) is 3.23. The maximum absolute atomic E-state index is 9.92. The Labute approximate surface area is 124 Å². The summed E-state index contributed by atoms with van der Waals surface area (Å²) in [6.07, 6.45) is 5.25. The Hall–Kier alpha value is -1.43. The van der Waals surface area contributed by atoms with Crippen LogP contribution in [0.4, 0.5) is 0 Å². The molecule has 1 amide bonds. The highest BCUT2D eigenvalue weighted by molar-refractivity contribution is 5.75. The lowest BCUT2D eigenvalue weighted by molar-refractivity contribution is -0.120. The van der Waals surface area contributed by atoms with Crippen molar-refractivity contribution in [1.29, 1.82) is 0 Å². The molecule has 0 radical (unpaired) electrons. The lowest BCUT2D eigenvalue weighted by atomic mass is 10.2. The summed E-state index contributed by atoms with van der Waals surface area (Å²) in [7, 11) is 0. The van der Waals surface area contributed by atoms with E-state index in [1.807, 2.05) is 20.8 Å². The summed E-state index contributed by atoms with van der Waals surface area (Å²) in [6, 6.07) is 0. The van der Waals surface area contributed by atoms with Crippen LogP contribution in [0.5, 0.6) is 0 Å². The molecule has 0 saturated heterocycles. The standard InChI is InChI=1S/C4H9NO.3C3H6.C2H6O2.H2O/c1-3(2)4(5)6;3*1-3-2;3-1-2-4;/h3H,1-2H3,(H2,5,6);3*3H,1H2,2H3;3-4H,1-2H2;1H2. The third-order valence-electron chi connectivity index (χ3n) is 0.669. The van der Waals surface area contributed by atoms with E-state index in [1.165, 1.54) is 0 Å². The maximum atomic E-state index is 9.92. The number of carbonyl (C=O) groups is 1. The van der Waals surface area contributed by atoms with Crippen molar-refractivity contribution in [3.63, 3.8) is 0 Å². The SMILES string of the molecule is C=CC.C=CC.C=CC.CC(C)C(N)=O.O.OCCO. The minimum absolute atomic E-state index is 0. The molecule has 0 spiro atoms. The molecule has 0 aliphatic heterocycles. The van der Waals surface area contributed by atoms with Crippen molar-refractivity contribution in [2.45, 2.75) is 34.6 Å². The Kier molecular flexibility index (Phi) is 95.6. The number of allylic oxidation sites excluding steroid dienone is 3. The van der Waals surface area contributed by atoms with E-state index < -0.39 is 0 Å². The molecule has 0 fully saturated rings. The number of hydrogen-bond donors (Lipinski definition) is 3. The summed E-state index contributed by atoms with van der Waals surface area (Å²) in [5, 5.41) is 15.2. The predicted molar refractivity (Wildman–Crippen MR) is 89.4 cm³/mol. The zero-order valence-electron chi connectivity index (χ0n) is 13.7. The van der Waals surface area contributed by atoms with Crippen LogP contribution < -0.4 is 5.73 Å². The lowest BCUT2D eigenvalue weighted by Gasteiger charge is -1.90. The maximum Gasteiger partial charge on any atom is 0.219 e. The smallest absolute Gasteiger partial charge is 0.219 e. The number of amides is 1. The molecule has 124 valence electrons. The molecule has 0 aliphatic rings. The third-order valence-corrected chi connectivity index (χ3v) is 0.669. The van der Waals surface area contributed by atoms with Gasteiger partial charge in [0.2, 0.25) is 5.91 Å². The summed E-state index contributed by atoms with van der Waals surface area (Å²) >= 11 is 0. The molecule has 20 heavy (non-hydrogen) atoms. The van der Waals surface area contributed by atoms with E-state index in [2.05, 4.69) is 19.7 Å². The highest BCUT2D eigenvalue weighted by atomic mass is 16.3. The van der Waals surface area contributed by atoms with Crippen molar-refractivity contribution >= 4 is 5.91 Å². The number of primary amides is 1. The van der Waals surface area contributed by atoms with Crippen LogP contribution in [0, 0.1) is 5.92 Å². The van der Waals surface area contributed by atoms with Gasteiger partial charge in [-0.1, -0.05) is 32.1 Å². The molecule has 6 N–H and O–H groups in total. The summed E-state index contributed by atoms with van der Waals surface area (Å²) in [5.41, 5.74) is 4.80. The van der Waals surface area contributed by atoms with E-state index in [0.29, 0.717) is 0 Å². The van der Waals surface area contributed by atoms with Gasteiger partial charge in [0.05, 0.1) is 13.2 Å². The highest BCUT2D eigenvalue weighted by Gasteiger charge is 1.96. The van der Waals surface area contributed by atoms with Crippen LogP contribution in [-0.2, 0) is 4.79 Å². The van der Waals surface area contributed by atoms with Gasteiger partial charge in [-0.2, -0.15) is 0 Å². The second kappa shape index (κ2) is 52.7. The van der Waals surface area contributed by atoms with Crippen LogP contribution in [0.25, 0.3) is 0 Å². The average molecular weight is 293 g/mol. The molecule has 5 heteroatoms. The van der Waals surface area contributed by atoms with Gasteiger partial charge < -0.3 is 21.4 Å². The molecule has 0 aromatic rings. The Morgan fingerprint density at radius 3 is 1.10 bits per heavy atom. The van der Waals surface area contributed by atoms with E-state index in [4.69, 9.17) is 15.9 Å². The van der Waals surface area contributed by atoms with Gasteiger partial charge in [-0.05, 0) is 20.8 Å². The summed E-state index contributed by atoms with van der Waals surface area (Å²) < 4.78 is 0. The summed E-state index contributed by atoms with van der Waals surface area (Å²) in [5.74, 6) is -0.250. The van der Waals surface area contributed by atoms with Gasteiger partial charge in [-0.15, -0.1) is 19.7 Å². The van der Waals surface area contributed by atoms with Crippen LogP contribution in [0.2, 0.25) is 0 Å². The monoisotopic (exact) mass is 293 g/mol. The normalized spacial score (nSPS) is 6.20. The lowest BCUT2D eigenvalue weighted by Crippen LogP contribution is -2.17. The number of aliphatic hydroxyl groups excluding tert-OH is 2. The zero-order chi connectivity index (χ0) is 16.7. The minimum atomic E-state index is -0.241. The van der Waals surface area contributed by atoms with Gasteiger partial charge in [-0.3, -0.25) is 4.79 Å². The van der Waals surface area contributed by atoms with E-state index >= 15 is 0 Å². The second-order valence-corrected chi connectivity index (χ2v) is 3.23. The molecular formula is C15H35NO4. The first-order valence-corrected chi connectivity index (χ1v) is 6.03. The highest BCUT2D eigenvalue weighted by Crippen LogP contribution is 1.84. The molecule has 0 rings (SSSR count). The fraction of sp³-hybridized carbons (Fsp3) is 0.533. The van der Waals surface area contributed by atoms with Crippen LogP contribution in [0.15, 0.2) is 38.0 Å². The van der Waals surface area contributed by atoms with Gasteiger partial charge in [0.15, 0.2) is 0 Å². The van der Waals surface area contributed by atoms with Crippen molar-refractivity contribution in [2.75, 3.05) is 13.2 Å². The molecule has 0 unspecified atom stereocenters. The van der Waals surface area contributed by atoms with Gasteiger partial charge in [0.25, 0.3) is 0 Å². The van der Waals surface area contributed by atoms with E-state index in [9.17, 15) is 4.79 Å². The van der Waals surface area contributed by atoms with Crippen LogP contribution >= 0.6 is 0 Å². The first-order chi connectivity index (χ1) is 8.80. The summed E-state index contributed by atoms with van der Waals surface area (Å²) in [4.78, 5) is 9.92. The van der Waals surface area contributed by atoms with Crippen molar-refractivity contribution in [1.82, 2.24) is 0 Å². The average Bonchev–Trinajstić information content (AvgIpc) is 2.32. The number of aliphatic hydroxyl groups is 2. The Balaban J connectivity index is -0.0000000314. The molecule has 0 aliphatic carbocycles. The predicted octanol–water partition coefficient (Wildman–Crippen LogP) is 1.85. The number of hydrogen-bond acceptors (Lipinski definition) is 3. The van der Waals surface area contributed by atoms with Gasteiger partial charge in [0, 0.05) is 5.92 Å². The molecule has 0 aromatic carbocycles. The van der Waals surface area contributed by atoms with Gasteiger partial charge in [-0.25, -0.2) is 0 Å². The first-order valence-electron chi connectivity index (χ1n) is 6.03. The largest absolute Gasteiger partial charge is 0.412 e. The third kappa shape index (κ3) is 315. The number of carbonyl (C=O) groups excluding carboxylic acids is 1. The van der Waals surface area contributed by atoms with Crippen molar-refractivity contribution < 1.29 is 20.5 Å². The van der Waals surface area contributed by atoms with E-state index in [0.717, 1.165) is 0 Å². The Bertz CT molecular complexity index is 164. The molecule has 0 bridgehead atoms. The van der Waals surface area contributed by atoms with E-state index in [-0.39, 0.29) is 30.5 Å². The zero-order valence-corrected chi connectivity index (χ0v) is 13.7. The quantitative estimate of drug-likeness (QED) is 0.675. The van der Waals surface area contributed by atoms with Crippen molar-refractivity contribution in [3.8, 4) is 0 Å². The number of rotatable bonds is 2. The molecule has 0 aromatic heterocycles. The number of nitrogens with two attached hydrogens (primary N) is 1. The van der Waals surface area contributed by atoms with Gasteiger partial charge >= 0.3 is 0 Å². The molecule has 5 nitrogen and oxygen atoms in total. The van der Waals surface area contributed by atoms with E-state index in [1.54, 1.807) is 32.1 Å². The molecule has 0 atom stereocenters. The van der Waals surface area contributed by atoms with Crippen LogP contribution in [0.3, 0.4) is 0 Å². The van der Waals surface area contributed by atoms with Crippen LogP contribution in [0.1, 0.15) is 34.6 Å². The Morgan fingerprint density at radius 1 is 1.00 bits per heavy atom. The minimum Gasteiger partial charge on any atom is -0.412 e. The molecular weight excluding hydrogens is 258 g/mol. The Morgan fingerprint density at radius 2 is 1.10 bits per heavy atom. The van der Waals surface area contributed by atoms with Crippen LogP contribution in [-0.4, -0.2) is 34.8 Å². The fourth-order valence-electron chi connectivity index (χ4n) is 0. The topological polar surface area (TPSA) is 115 Å². The van der Waals surface area contributed by atoms with Crippen molar-refractivity contribution in [3.05, 3.63) is 38.0 Å². The molecule has 0 saturated carbocycles. The summed E-state index contributed by atoms with van der Waals surface area (Å²) in [6.45, 7) is 19.0.